The van der Waals surface area contributed by atoms with Crippen LogP contribution in [-0.4, -0.2) is 59.1 Å². The van der Waals surface area contributed by atoms with E-state index >= 15 is 0 Å². The van der Waals surface area contributed by atoms with Crippen LogP contribution in [0, 0.1) is 10.8 Å². The van der Waals surface area contributed by atoms with E-state index < -0.39 is 11.9 Å². The molecule has 0 heterocycles. The number of rotatable bonds is 12. The Morgan fingerprint density at radius 1 is 1.00 bits per heavy atom. The van der Waals surface area contributed by atoms with Crippen LogP contribution in [0.4, 0.5) is 11.4 Å². The van der Waals surface area contributed by atoms with Gasteiger partial charge in [-0.15, -0.1) is 0 Å². The molecule has 36 heavy (non-hydrogen) atoms. The molecule has 4 N–H and O–H groups in total. The Bertz CT molecular complexity index is 1140. The summed E-state index contributed by atoms with van der Waals surface area (Å²) in [6, 6.07) is 11.5. The average Bonchev–Trinajstić information content (AvgIpc) is 2.79. The van der Waals surface area contributed by atoms with E-state index in [0.717, 1.165) is 17.3 Å². The summed E-state index contributed by atoms with van der Waals surface area (Å²) in [5, 5.41) is 22.3. The summed E-state index contributed by atoms with van der Waals surface area (Å²) in [6.07, 6.45) is -0.0924. The molecule has 1 unspecified atom stereocenters. The summed E-state index contributed by atoms with van der Waals surface area (Å²) in [5.41, 5.74) is 2.00. The van der Waals surface area contributed by atoms with Gasteiger partial charge in [0.25, 0.3) is 0 Å². The lowest BCUT2D eigenvalue weighted by atomic mass is 10.1. The first-order valence-corrected chi connectivity index (χ1v) is 12.8. The number of nitrogens with one attached hydrogen (secondary N) is 4. The van der Waals surface area contributed by atoms with Gasteiger partial charge in [0.05, 0.1) is 21.8 Å². The minimum atomic E-state index is -0.916. The topological polar surface area (TPSA) is 126 Å². The molecule has 2 aromatic carbocycles. The van der Waals surface area contributed by atoms with Crippen LogP contribution < -0.4 is 10.6 Å². The number of hydrogen-bond acceptors (Lipinski definition) is 7. The van der Waals surface area contributed by atoms with E-state index in [0.29, 0.717) is 21.4 Å². The Morgan fingerprint density at radius 3 is 2.25 bits per heavy atom. The molecule has 2 aromatic rings. The van der Waals surface area contributed by atoms with Crippen molar-refractivity contribution in [1.82, 2.24) is 10.2 Å². The highest BCUT2D eigenvalue weighted by Crippen LogP contribution is 2.34. The predicted octanol–water partition coefficient (Wildman–Crippen LogP) is 4.95. The van der Waals surface area contributed by atoms with Crippen LogP contribution >= 0.6 is 35.0 Å². The van der Waals surface area contributed by atoms with E-state index in [1.807, 2.05) is 24.3 Å². The molecule has 1 atom stereocenters. The number of hydrogen-bond donors (Lipinski definition) is 4. The third-order valence-corrected chi connectivity index (χ3v) is 6.66. The van der Waals surface area contributed by atoms with Crippen LogP contribution in [0.5, 0.6) is 0 Å². The van der Waals surface area contributed by atoms with Gasteiger partial charge < -0.3 is 20.9 Å². The number of thioether (sulfide) groups is 1. The monoisotopic (exact) mass is 549 g/mol. The molecule has 0 bridgehead atoms. The lowest BCUT2D eigenvalue weighted by Crippen LogP contribution is -2.42. The van der Waals surface area contributed by atoms with Crippen molar-refractivity contribution in [1.29, 1.82) is 10.8 Å². The molecule has 0 spiro atoms. The van der Waals surface area contributed by atoms with Crippen LogP contribution in [-0.2, 0) is 20.8 Å². The van der Waals surface area contributed by atoms with Crippen molar-refractivity contribution in [3.05, 3.63) is 58.1 Å². The van der Waals surface area contributed by atoms with Gasteiger partial charge in [0, 0.05) is 57.4 Å². The first-order chi connectivity index (χ1) is 17.0. The first kappa shape index (κ1) is 29.4. The maximum absolute atomic E-state index is 12.8. The van der Waals surface area contributed by atoms with Crippen molar-refractivity contribution in [2.24, 2.45) is 0 Å². The van der Waals surface area contributed by atoms with E-state index in [1.54, 1.807) is 37.2 Å². The third kappa shape index (κ3) is 9.29. The molecule has 11 heteroatoms. The molecular weight excluding hydrogens is 521 g/mol. The van der Waals surface area contributed by atoms with Crippen LogP contribution in [0.25, 0.3) is 0 Å². The van der Waals surface area contributed by atoms with Crippen molar-refractivity contribution < 1.29 is 14.4 Å². The van der Waals surface area contributed by atoms with Crippen LogP contribution in [0.1, 0.15) is 25.3 Å². The van der Waals surface area contributed by atoms with Crippen molar-refractivity contribution in [3.8, 4) is 0 Å². The van der Waals surface area contributed by atoms with Gasteiger partial charge in [-0.2, -0.15) is 0 Å². The zero-order chi connectivity index (χ0) is 26.8. The van der Waals surface area contributed by atoms with Gasteiger partial charge in [-0.25, -0.2) is 0 Å². The summed E-state index contributed by atoms with van der Waals surface area (Å²) < 4.78 is 0. The normalized spacial score (nSPS) is 11.4. The van der Waals surface area contributed by atoms with E-state index in [2.05, 4.69) is 10.6 Å². The van der Waals surface area contributed by atoms with Crippen LogP contribution in [0.15, 0.2) is 42.5 Å². The predicted molar refractivity (Wildman–Crippen MR) is 148 cm³/mol. The summed E-state index contributed by atoms with van der Waals surface area (Å²) in [6.45, 7) is 1.29. The van der Waals surface area contributed by atoms with E-state index in [-0.39, 0.29) is 47.5 Å². The van der Waals surface area contributed by atoms with Crippen LogP contribution in [0.3, 0.4) is 0 Å². The number of Topliss-reactive ketones (excluding diaryl/α,β-unsaturated/α-hetero) is 1. The number of benzene rings is 2. The summed E-state index contributed by atoms with van der Waals surface area (Å²) in [7, 11) is 3.38. The van der Waals surface area contributed by atoms with Gasteiger partial charge in [-0.3, -0.25) is 19.8 Å². The minimum absolute atomic E-state index is 0.0385. The Balaban J connectivity index is 2.03. The number of amidine groups is 1. The highest BCUT2D eigenvalue weighted by molar-refractivity contribution is 8.13. The molecule has 0 saturated carbocycles. The maximum Gasteiger partial charge on any atom is 0.217 e. The zero-order valence-corrected chi connectivity index (χ0v) is 22.6. The fourth-order valence-corrected chi connectivity index (χ4v) is 4.52. The Morgan fingerprint density at radius 2 is 1.64 bits per heavy atom. The number of anilines is 2. The average molecular weight is 551 g/mol. The smallest absolute Gasteiger partial charge is 0.217 e. The lowest BCUT2D eigenvalue weighted by molar-refractivity contribution is -0.125. The van der Waals surface area contributed by atoms with Gasteiger partial charge in [0.2, 0.25) is 5.91 Å². The van der Waals surface area contributed by atoms with E-state index in [9.17, 15) is 14.4 Å². The standard InChI is InChI=1S/C25H29Cl2N5O3S/c1-15(33)30-21(22(34)12-17(28)13-23(29)32(2)3)14-36-24(35)11-16-7-4-5-10-20(16)31-25-18(26)8-6-9-19(25)27/h4-10,21,28-29,31H,11-14H2,1-3H3,(H,30,33). The molecular formula is C25H29Cl2N5O3S. The second-order valence-corrected chi connectivity index (χ2v) is 10.1. The molecule has 0 aromatic heterocycles. The highest BCUT2D eigenvalue weighted by Gasteiger charge is 2.23. The number of carbonyl (C=O) groups is 3. The van der Waals surface area contributed by atoms with Gasteiger partial charge in [-0.05, 0) is 23.8 Å². The molecule has 0 fully saturated rings. The summed E-state index contributed by atoms with van der Waals surface area (Å²) >= 11 is 13.5. The molecule has 0 aliphatic carbocycles. The number of carbonyl (C=O) groups excluding carboxylic acids is 3. The second-order valence-electron chi connectivity index (χ2n) is 8.26. The molecule has 192 valence electrons. The molecule has 0 radical (unpaired) electrons. The third-order valence-electron chi connectivity index (χ3n) is 5.06. The number of para-hydroxylation sites is 2. The molecule has 2 rings (SSSR count). The molecule has 0 aliphatic rings. The number of amides is 1. The van der Waals surface area contributed by atoms with Crippen molar-refractivity contribution >= 4 is 74.7 Å². The minimum Gasteiger partial charge on any atom is -0.366 e. The Hall–Kier alpha value is -2.88. The van der Waals surface area contributed by atoms with E-state index in [4.69, 9.17) is 34.0 Å². The fraction of sp³-hybridized carbons (Fsp3) is 0.320. The molecule has 0 saturated heterocycles. The molecule has 8 nitrogen and oxygen atoms in total. The maximum atomic E-state index is 12.8. The van der Waals surface area contributed by atoms with Crippen LogP contribution in [0.2, 0.25) is 10.0 Å². The van der Waals surface area contributed by atoms with Gasteiger partial charge in [0.1, 0.15) is 5.84 Å². The second kappa shape index (κ2) is 14.0. The van der Waals surface area contributed by atoms with Gasteiger partial charge in [-0.1, -0.05) is 59.2 Å². The first-order valence-electron chi connectivity index (χ1n) is 11.0. The SMILES string of the molecule is CC(=O)NC(CSC(=O)Cc1ccccc1Nc1c(Cl)cccc1Cl)C(=O)CC(=N)CC(=N)N(C)C. The van der Waals surface area contributed by atoms with Crippen molar-refractivity contribution in [2.75, 3.05) is 25.2 Å². The zero-order valence-electron chi connectivity index (χ0n) is 20.3. The number of nitrogens with zero attached hydrogens (tertiary/aromatic N) is 1. The largest absolute Gasteiger partial charge is 0.366 e. The van der Waals surface area contributed by atoms with E-state index in [1.165, 1.54) is 6.92 Å². The highest BCUT2D eigenvalue weighted by atomic mass is 35.5. The number of halogens is 2. The lowest BCUT2D eigenvalue weighted by Gasteiger charge is -2.18. The Labute approximate surface area is 225 Å². The van der Waals surface area contributed by atoms with Crippen molar-refractivity contribution in [3.63, 3.8) is 0 Å². The van der Waals surface area contributed by atoms with Crippen molar-refractivity contribution in [2.45, 2.75) is 32.2 Å². The quantitative estimate of drug-likeness (QED) is 0.219. The number of ketones is 1. The Kier molecular flexibility index (Phi) is 11.4. The molecule has 1 amide bonds. The van der Waals surface area contributed by atoms with Gasteiger partial charge >= 0.3 is 0 Å². The summed E-state index contributed by atoms with van der Waals surface area (Å²) in [5.74, 6) is -0.530. The van der Waals surface area contributed by atoms with Gasteiger partial charge in [0.15, 0.2) is 10.9 Å². The molecule has 0 aliphatic heterocycles. The summed E-state index contributed by atoms with van der Waals surface area (Å²) in [4.78, 5) is 38.7. The fourth-order valence-electron chi connectivity index (χ4n) is 3.15.